The molecule has 0 radical (unpaired) electrons. The minimum absolute atomic E-state index is 0.00620. The van der Waals surface area contributed by atoms with E-state index in [9.17, 15) is 15.2 Å². The van der Waals surface area contributed by atoms with Gasteiger partial charge in [-0.15, -0.1) is 0 Å². The maximum Gasteiger partial charge on any atom is 0.314 e. The molecule has 0 atom stereocenters. The molecule has 76 valence electrons. The second-order valence-electron chi connectivity index (χ2n) is 2.45. The van der Waals surface area contributed by atoms with Crippen molar-refractivity contribution in [1.29, 1.82) is 0 Å². The molecule has 1 aromatic rings. The first kappa shape index (κ1) is 10.1. The molecule has 0 heterocycles. The molecule has 1 N–H and O–H groups in total. The Labute approximate surface area is 79.8 Å². The van der Waals surface area contributed by atoms with Crippen molar-refractivity contribution in [3.05, 3.63) is 22.2 Å². The number of benzene rings is 1. The molecule has 0 aromatic heterocycles. The van der Waals surface area contributed by atoms with Crippen LogP contribution in [-0.2, 0) is 0 Å². The van der Waals surface area contributed by atoms with Gasteiger partial charge in [-0.25, -0.2) is 0 Å². The lowest BCUT2D eigenvalue weighted by Crippen LogP contribution is -1.95. The van der Waals surface area contributed by atoms with E-state index in [-0.39, 0.29) is 22.9 Å². The molecule has 0 saturated heterocycles. The number of nitrogens with zero attached hydrogens (tertiary/aromatic N) is 1. The summed E-state index contributed by atoms with van der Waals surface area (Å²) in [5.41, 5.74) is -0.248. The molecule has 14 heavy (non-hydrogen) atoms. The Morgan fingerprint density at radius 3 is 2.29 bits per heavy atom. The quantitative estimate of drug-likeness (QED) is 0.586. The first-order valence-electron chi connectivity index (χ1n) is 3.69. The summed E-state index contributed by atoms with van der Waals surface area (Å²) >= 11 is 0. The van der Waals surface area contributed by atoms with Gasteiger partial charge in [-0.2, -0.15) is 0 Å². The summed E-state index contributed by atoms with van der Waals surface area (Å²) in [6.07, 6.45) is 0. The van der Waals surface area contributed by atoms with E-state index < -0.39 is 4.92 Å². The molecule has 6 heteroatoms. The number of rotatable bonds is 3. The maximum atomic E-state index is 10.5. The summed E-state index contributed by atoms with van der Waals surface area (Å²) in [4.78, 5) is 9.94. The lowest BCUT2D eigenvalue weighted by atomic mass is 10.2. The van der Waals surface area contributed by atoms with Crippen molar-refractivity contribution in [2.24, 2.45) is 0 Å². The number of methoxy groups -OCH3 is 2. The third-order valence-electron chi connectivity index (χ3n) is 1.68. The lowest BCUT2D eigenvalue weighted by molar-refractivity contribution is -0.385. The van der Waals surface area contributed by atoms with Crippen molar-refractivity contribution in [1.82, 2.24) is 0 Å². The summed E-state index contributed by atoms with van der Waals surface area (Å²) in [5.74, 6) is -0.166. The molecule has 0 fully saturated rings. The number of ether oxygens (including phenoxy) is 2. The molecule has 0 bridgehead atoms. The minimum Gasteiger partial charge on any atom is -0.504 e. The zero-order valence-corrected chi connectivity index (χ0v) is 7.68. The van der Waals surface area contributed by atoms with Gasteiger partial charge in [0, 0.05) is 6.07 Å². The van der Waals surface area contributed by atoms with E-state index in [4.69, 9.17) is 9.47 Å². The highest BCUT2D eigenvalue weighted by molar-refractivity contribution is 5.57. The largest absolute Gasteiger partial charge is 0.504 e. The first-order chi connectivity index (χ1) is 6.60. The smallest absolute Gasteiger partial charge is 0.314 e. The fourth-order valence-corrected chi connectivity index (χ4v) is 1.01. The number of phenols is 1. The van der Waals surface area contributed by atoms with Crippen molar-refractivity contribution < 1.29 is 19.5 Å². The van der Waals surface area contributed by atoms with Gasteiger partial charge in [-0.05, 0) is 0 Å². The van der Waals surface area contributed by atoms with E-state index >= 15 is 0 Å². The summed E-state index contributed by atoms with van der Waals surface area (Å²) in [7, 11) is 2.60. The number of phenolic OH excluding ortho intramolecular Hbond substituents is 1. The molecular weight excluding hydrogens is 190 g/mol. The molecule has 1 rings (SSSR count). The molecule has 0 amide bonds. The Kier molecular flexibility index (Phi) is 2.76. The van der Waals surface area contributed by atoms with Crippen LogP contribution in [0.4, 0.5) is 5.69 Å². The molecular formula is C8H9NO5. The number of nitro groups is 1. The van der Waals surface area contributed by atoms with Crippen molar-refractivity contribution in [3.8, 4) is 17.2 Å². The first-order valence-corrected chi connectivity index (χ1v) is 3.69. The van der Waals surface area contributed by atoms with Crippen LogP contribution in [-0.4, -0.2) is 24.2 Å². The van der Waals surface area contributed by atoms with Gasteiger partial charge in [0.05, 0.1) is 25.2 Å². The van der Waals surface area contributed by atoms with Crippen LogP contribution in [0.5, 0.6) is 17.2 Å². The Morgan fingerprint density at radius 1 is 1.29 bits per heavy atom. The van der Waals surface area contributed by atoms with Crippen molar-refractivity contribution in [2.45, 2.75) is 0 Å². The fourth-order valence-electron chi connectivity index (χ4n) is 1.01. The standard InChI is InChI=1S/C8H9NO5/c1-13-7-4-6(10)8(14-2)3-5(7)9(11)12/h3-4,10H,1-2H3. The van der Waals surface area contributed by atoms with Crippen LogP contribution >= 0.6 is 0 Å². The van der Waals surface area contributed by atoms with E-state index in [0.29, 0.717) is 0 Å². The van der Waals surface area contributed by atoms with Gasteiger partial charge in [-0.3, -0.25) is 10.1 Å². The topological polar surface area (TPSA) is 81.8 Å². The average Bonchev–Trinajstić information content (AvgIpc) is 2.16. The Morgan fingerprint density at radius 2 is 1.86 bits per heavy atom. The van der Waals surface area contributed by atoms with Crippen LogP contribution in [0.15, 0.2) is 12.1 Å². The molecule has 0 aliphatic rings. The van der Waals surface area contributed by atoms with Gasteiger partial charge in [-0.1, -0.05) is 0 Å². The van der Waals surface area contributed by atoms with E-state index in [0.717, 1.165) is 12.1 Å². The van der Waals surface area contributed by atoms with Crippen LogP contribution in [0.25, 0.3) is 0 Å². The van der Waals surface area contributed by atoms with Crippen molar-refractivity contribution in [2.75, 3.05) is 14.2 Å². The predicted molar refractivity (Wildman–Crippen MR) is 47.9 cm³/mol. The summed E-state index contributed by atoms with van der Waals surface area (Å²) in [6.45, 7) is 0. The molecule has 0 spiro atoms. The molecule has 0 aliphatic heterocycles. The maximum absolute atomic E-state index is 10.5. The van der Waals surface area contributed by atoms with Crippen LogP contribution in [0.3, 0.4) is 0 Å². The zero-order chi connectivity index (χ0) is 10.7. The molecule has 0 saturated carbocycles. The second kappa shape index (κ2) is 3.82. The zero-order valence-electron chi connectivity index (χ0n) is 7.68. The molecule has 1 aromatic carbocycles. The molecule has 0 aliphatic carbocycles. The van der Waals surface area contributed by atoms with Gasteiger partial charge in [0.1, 0.15) is 0 Å². The number of aromatic hydroxyl groups is 1. The lowest BCUT2D eigenvalue weighted by Gasteiger charge is -2.06. The van der Waals surface area contributed by atoms with Gasteiger partial charge >= 0.3 is 5.69 Å². The predicted octanol–water partition coefficient (Wildman–Crippen LogP) is 1.32. The summed E-state index contributed by atoms with van der Waals surface area (Å²) in [5, 5.41) is 19.8. The Bertz CT molecular complexity index is 363. The Hall–Kier alpha value is -1.98. The van der Waals surface area contributed by atoms with Crippen molar-refractivity contribution in [3.63, 3.8) is 0 Å². The van der Waals surface area contributed by atoms with E-state index in [1.165, 1.54) is 14.2 Å². The third kappa shape index (κ3) is 1.68. The highest BCUT2D eigenvalue weighted by atomic mass is 16.6. The van der Waals surface area contributed by atoms with Crippen LogP contribution in [0, 0.1) is 10.1 Å². The third-order valence-corrected chi connectivity index (χ3v) is 1.68. The van der Waals surface area contributed by atoms with E-state index in [2.05, 4.69) is 0 Å². The second-order valence-corrected chi connectivity index (χ2v) is 2.45. The average molecular weight is 199 g/mol. The van der Waals surface area contributed by atoms with Gasteiger partial charge < -0.3 is 14.6 Å². The van der Waals surface area contributed by atoms with Crippen LogP contribution in [0.2, 0.25) is 0 Å². The van der Waals surface area contributed by atoms with Gasteiger partial charge in [0.15, 0.2) is 11.5 Å². The van der Waals surface area contributed by atoms with Crippen LogP contribution < -0.4 is 9.47 Å². The van der Waals surface area contributed by atoms with Gasteiger partial charge in [0.2, 0.25) is 5.75 Å². The monoisotopic (exact) mass is 199 g/mol. The van der Waals surface area contributed by atoms with E-state index in [1.807, 2.05) is 0 Å². The fraction of sp³-hybridized carbons (Fsp3) is 0.250. The normalized spacial score (nSPS) is 9.57. The SMILES string of the molecule is COc1cc([N+](=O)[O-])c(OC)cc1O. The number of nitro benzene ring substituents is 1. The molecule has 6 nitrogen and oxygen atoms in total. The summed E-state index contributed by atoms with van der Waals surface area (Å²) in [6, 6.07) is 2.24. The van der Waals surface area contributed by atoms with E-state index in [1.54, 1.807) is 0 Å². The minimum atomic E-state index is -0.610. The number of hydrogen-bond acceptors (Lipinski definition) is 5. The highest BCUT2D eigenvalue weighted by Crippen LogP contribution is 2.37. The summed E-state index contributed by atoms with van der Waals surface area (Å²) < 4.78 is 9.46. The van der Waals surface area contributed by atoms with Gasteiger partial charge in [0.25, 0.3) is 0 Å². The van der Waals surface area contributed by atoms with Crippen molar-refractivity contribution >= 4 is 5.69 Å². The number of hydrogen-bond donors (Lipinski definition) is 1. The Balaban J connectivity index is 3.32. The molecule has 0 unspecified atom stereocenters. The van der Waals surface area contributed by atoms with Crippen LogP contribution in [0.1, 0.15) is 0 Å². The highest BCUT2D eigenvalue weighted by Gasteiger charge is 2.18.